The van der Waals surface area contributed by atoms with Crippen LogP contribution in [-0.2, 0) is 11.3 Å². The lowest BCUT2D eigenvalue weighted by atomic mass is 10.2. The third kappa shape index (κ3) is 6.95. The molecule has 0 heterocycles. The fourth-order valence-corrected chi connectivity index (χ4v) is 2.02. The number of amides is 3. The predicted molar refractivity (Wildman–Crippen MR) is 98.6 cm³/mol. The molecule has 0 radical (unpaired) electrons. The van der Waals surface area contributed by atoms with Gasteiger partial charge >= 0.3 is 12.1 Å². The molecule has 2 rings (SSSR count). The molecule has 25 heavy (non-hydrogen) atoms. The summed E-state index contributed by atoms with van der Waals surface area (Å²) in [6.45, 7) is 4.72. The van der Waals surface area contributed by atoms with Gasteiger partial charge in [-0.3, -0.25) is 5.32 Å². The average molecular weight is 341 g/mol. The molecule has 6 heteroatoms. The second-order valence-corrected chi connectivity index (χ2v) is 5.99. The van der Waals surface area contributed by atoms with Crippen molar-refractivity contribution in [3.63, 3.8) is 0 Å². The quantitative estimate of drug-likeness (QED) is 0.736. The van der Waals surface area contributed by atoms with Crippen molar-refractivity contribution in [1.29, 1.82) is 0 Å². The number of urea groups is 1. The van der Waals surface area contributed by atoms with Gasteiger partial charge in [-0.05, 0) is 29.7 Å². The largest absolute Gasteiger partial charge is 0.449 e. The van der Waals surface area contributed by atoms with Crippen molar-refractivity contribution >= 4 is 23.5 Å². The van der Waals surface area contributed by atoms with Crippen molar-refractivity contribution in [3.8, 4) is 0 Å². The van der Waals surface area contributed by atoms with Crippen LogP contribution >= 0.6 is 0 Å². The molecule has 0 aliphatic rings. The maximum absolute atomic E-state index is 12.0. The number of carbonyl (C=O) groups is 2. The molecular weight excluding hydrogens is 318 g/mol. The molecule has 0 spiro atoms. The van der Waals surface area contributed by atoms with Crippen molar-refractivity contribution in [3.05, 3.63) is 60.2 Å². The molecule has 0 aliphatic heterocycles. The third-order valence-electron chi connectivity index (χ3n) is 3.21. The number of ether oxygens (including phenoxy) is 1. The maximum atomic E-state index is 12.0. The van der Waals surface area contributed by atoms with E-state index in [-0.39, 0.29) is 11.9 Å². The van der Waals surface area contributed by atoms with E-state index in [0.29, 0.717) is 24.5 Å². The highest BCUT2D eigenvalue weighted by molar-refractivity contribution is 5.91. The van der Waals surface area contributed by atoms with E-state index >= 15 is 0 Å². The lowest BCUT2D eigenvalue weighted by Gasteiger charge is -2.11. The minimum absolute atomic E-state index is 0.270. The van der Waals surface area contributed by atoms with E-state index in [9.17, 15) is 9.59 Å². The van der Waals surface area contributed by atoms with Crippen LogP contribution in [0.5, 0.6) is 0 Å². The summed E-state index contributed by atoms with van der Waals surface area (Å²) in [4.78, 5) is 23.6. The molecule has 2 aromatic rings. The second kappa shape index (κ2) is 9.32. The number of benzene rings is 2. The minimum atomic E-state index is -0.514. The van der Waals surface area contributed by atoms with Gasteiger partial charge in [-0.1, -0.05) is 50.2 Å². The molecule has 0 bridgehead atoms. The fourth-order valence-electron chi connectivity index (χ4n) is 2.02. The molecule has 6 nitrogen and oxygen atoms in total. The molecule has 132 valence electrons. The molecule has 0 saturated heterocycles. The third-order valence-corrected chi connectivity index (χ3v) is 3.21. The zero-order valence-corrected chi connectivity index (χ0v) is 14.4. The zero-order valence-electron chi connectivity index (χ0n) is 14.4. The molecule has 2 aromatic carbocycles. The topological polar surface area (TPSA) is 79.5 Å². The van der Waals surface area contributed by atoms with E-state index in [1.54, 1.807) is 24.3 Å². The Morgan fingerprint density at radius 2 is 1.64 bits per heavy atom. The van der Waals surface area contributed by atoms with Crippen LogP contribution in [0.3, 0.4) is 0 Å². The molecule has 0 aliphatic carbocycles. The number of anilines is 2. The molecule has 0 aromatic heterocycles. The molecule has 3 N–H and O–H groups in total. The first-order chi connectivity index (χ1) is 12.0. The first kappa shape index (κ1) is 18.3. The van der Waals surface area contributed by atoms with Crippen LogP contribution in [0.15, 0.2) is 54.6 Å². The molecule has 0 atom stereocenters. The van der Waals surface area contributed by atoms with Gasteiger partial charge in [0.15, 0.2) is 0 Å². The molecule has 0 unspecified atom stereocenters. The Hall–Kier alpha value is -3.02. The molecule has 0 fully saturated rings. The SMILES string of the molecule is CC(C)COC(=O)Nc1cccc(NC(=O)NCc2ccccc2)c1. The Balaban J connectivity index is 1.83. The Kier molecular flexibility index (Phi) is 6.83. The Morgan fingerprint density at radius 1 is 0.960 bits per heavy atom. The summed E-state index contributed by atoms with van der Waals surface area (Å²) in [5, 5.41) is 8.15. The first-order valence-corrected chi connectivity index (χ1v) is 8.15. The van der Waals surface area contributed by atoms with Crippen molar-refractivity contribution in [2.75, 3.05) is 17.2 Å². The van der Waals surface area contributed by atoms with E-state index in [1.807, 2.05) is 44.2 Å². The number of nitrogens with one attached hydrogen (secondary N) is 3. The summed E-state index contributed by atoms with van der Waals surface area (Å²) in [6, 6.07) is 16.2. The summed E-state index contributed by atoms with van der Waals surface area (Å²) in [5.41, 5.74) is 2.14. The van der Waals surface area contributed by atoms with Crippen LogP contribution in [0.1, 0.15) is 19.4 Å². The molecule has 0 saturated carbocycles. The van der Waals surface area contributed by atoms with Crippen LogP contribution < -0.4 is 16.0 Å². The number of hydrogen-bond acceptors (Lipinski definition) is 3. The Bertz CT molecular complexity index is 702. The fraction of sp³-hybridized carbons (Fsp3) is 0.263. The standard InChI is InChI=1S/C19H23N3O3/c1-14(2)13-25-19(24)22-17-10-6-9-16(11-17)21-18(23)20-12-15-7-4-3-5-8-15/h3-11,14H,12-13H2,1-2H3,(H,22,24)(H2,20,21,23). The normalized spacial score (nSPS) is 10.2. The molecule has 3 amide bonds. The van der Waals surface area contributed by atoms with Crippen LogP contribution in [0.2, 0.25) is 0 Å². The lowest BCUT2D eigenvalue weighted by molar-refractivity contribution is 0.147. The summed E-state index contributed by atoms with van der Waals surface area (Å²) < 4.78 is 5.07. The summed E-state index contributed by atoms with van der Waals surface area (Å²) in [7, 11) is 0. The van der Waals surface area contributed by atoms with E-state index < -0.39 is 6.09 Å². The second-order valence-electron chi connectivity index (χ2n) is 5.99. The van der Waals surface area contributed by atoms with Crippen molar-refractivity contribution < 1.29 is 14.3 Å². The van der Waals surface area contributed by atoms with Gasteiger partial charge in [0.2, 0.25) is 0 Å². The van der Waals surface area contributed by atoms with Gasteiger partial charge in [-0.15, -0.1) is 0 Å². The van der Waals surface area contributed by atoms with E-state index in [4.69, 9.17) is 4.74 Å². The van der Waals surface area contributed by atoms with Gasteiger partial charge in [0, 0.05) is 17.9 Å². The van der Waals surface area contributed by atoms with Gasteiger partial charge in [-0.2, -0.15) is 0 Å². The number of carbonyl (C=O) groups excluding carboxylic acids is 2. The van der Waals surface area contributed by atoms with Gasteiger partial charge in [-0.25, -0.2) is 9.59 Å². The maximum Gasteiger partial charge on any atom is 0.411 e. The van der Waals surface area contributed by atoms with Gasteiger partial charge in [0.05, 0.1) is 6.61 Å². The van der Waals surface area contributed by atoms with Crippen molar-refractivity contribution in [1.82, 2.24) is 5.32 Å². The predicted octanol–water partition coefficient (Wildman–Crippen LogP) is 4.21. The van der Waals surface area contributed by atoms with E-state index in [0.717, 1.165) is 5.56 Å². The highest BCUT2D eigenvalue weighted by Crippen LogP contribution is 2.15. The summed E-state index contributed by atoms with van der Waals surface area (Å²) in [5.74, 6) is 0.270. The van der Waals surface area contributed by atoms with Gasteiger partial charge in [0.25, 0.3) is 0 Å². The van der Waals surface area contributed by atoms with E-state index in [2.05, 4.69) is 16.0 Å². The van der Waals surface area contributed by atoms with Gasteiger partial charge < -0.3 is 15.4 Å². The zero-order chi connectivity index (χ0) is 18.1. The summed E-state index contributed by atoms with van der Waals surface area (Å²) >= 11 is 0. The van der Waals surface area contributed by atoms with Crippen LogP contribution in [-0.4, -0.2) is 18.7 Å². The summed E-state index contributed by atoms with van der Waals surface area (Å²) in [6.07, 6.45) is -0.514. The van der Waals surface area contributed by atoms with Crippen molar-refractivity contribution in [2.45, 2.75) is 20.4 Å². The highest BCUT2D eigenvalue weighted by Gasteiger charge is 2.06. The van der Waals surface area contributed by atoms with Crippen LogP contribution in [0, 0.1) is 5.92 Å². The Morgan fingerprint density at radius 3 is 2.32 bits per heavy atom. The van der Waals surface area contributed by atoms with Crippen LogP contribution in [0.4, 0.5) is 21.0 Å². The van der Waals surface area contributed by atoms with Gasteiger partial charge in [0.1, 0.15) is 0 Å². The number of rotatable bonds is 6. The number of hydrogen-bond donors (Lipinski definition) is 3. The van der Waals surface area contributed by atoms with Crippen LogP contribution in [0.25, 0.3) is 0 Å². The smallest absolute Gasteiger partial charge is 0.411 e. The van der Waals surface area contributed by atoms with Crippen molar-refractivity contribution in [2.24, 2.45) is 5.92 Å². The monoisotopic (exact) mass is 341 g/mol. The first-order valence-electron chi connectivity index (χ1n) is 8.15. The minimum Gasteiger partial charge on any atom is -0.449 e. The molecular formula is C19H23N3O3. The Labute approximate surface area is 147 Å². The average Bonchev–Trinajstić information content (AvgIpc) is 2.59. The lowest BCUT2D eigenvalue weighted by Crippen LogP contribution is -2.28. The highest BCUT2D eigenvalue weighted by atomic mass is 16.5. The van der Waals surface area contributed by atoms with E-state index in [1.165, 1.54) is 0 Å².